The zero-order valence-electron chi connectivity index (χ0n) is 34.7. The zero-order valence-corrected chi connectivity index (χ0v) is 34.7. The summed E-state index contributed by atoms with van der Waals surface area (Å²) in [5.41, 5.74) is 20.5. The van der Waals surface area contributed by atoms with E-state index in [0.29, 0.717) is 0 Å². The molecular formula is C61H38N2O. The van der Waals surface area contributed by atoms with Crippen LogP contribution >= 0.6 is 0 Å². The predicted molar refractivity (Wildman–Crippen MR) is 264 cm³/mol. The predicted octanol–water partition coefficient (Wildman–Crippen LogP) is 16.2. The standard InChI is InChI=1S/C61H38N2O/c1-2-18-39(19-3-1)41-20-4-5-21-42(41)43-22-7-12-31-53(43)62(40-36-37-58-48(38-40)45-24-9-15-35-57(45)64-58)56-34-17-29-51-59(56)47-25-6-10-27-49(47)61(51)50-28-11-14-33-55(50)63-54-32-13-8-23-44(54)46-26-16-30-52(61)60(46)63/h1-38H. The van der Waals surface area contributed by atoms with Crippen LogP contribution in [-0.2, 0) is 5.41 Å². The normalized spacial score (nSPS) is 14.6. The Hall–Kier alpha value is -8.40. The molecule has 2 aliphatic rings. The summed E-state index contributed by atoms with van der Waals surface area (Å²) in [6, 6.07) is 84.7. The third-order valence-corrected chi connectivity index (χ3v) is 14.0. The molecule has 3 heteroatoms. The van der Waals surface area contributed by atoms with Crippen molar-refractivity contribution >= 4 is 60.8 Å². The van der Waals surface area contributed by atoms with E-state index in [4.69, 9.17) is 4.42 Å². The molecule has 3 heterocycles. The van der Waals surface area contributed by atoms with Gasteiger partial charge in [0.1, 0.15) is 11.2 Å². The highest BCUT2D eigenvalue weighted by atomic mass is 16.3. The van der Waals surface area contributed by atoms with Crippen LogP contribution in [0.25, 0.3) is 82.8 Å². The highest BCUT2D eigenvalue weighted by Gasteiger charge is 2.51. The molecule has 0 radical (unpaired) electrons. The molecule has 1 spiro atoms. The first-order chi connectivity index (χ1) is 31.8. The Labute approximate surface area is 370 Å². The van der Waals surface area contributed by atoms with E-state index < -0.39 is 5.41 Å². The van der Waals surface area contributed by atoms with Gasteiger partial charge in [-0.05, 0) is 93.0 Å². The maximum Gasteiger partial charge on any atom is 0.135 e. The number of aromatic nitrogens is 1. The SMILES string of the molecule is c1ccc(-c2ccccc2-c2ccccc2N(c2ccc3oc4ccccc4c3c2)c2cccc3c2-c2ccccc2C32c3ccccc3-n3c4ccccc4c4cccc2c43)cc1. The van der Waals surface area contributed by atoms with Gasteiger partial charge in [-0.2, -0.15) is 0 Å². The Balaban J connectivity index is 1.10. The summed E-state index contributed by atoms with van der Waals surface area (Å²) in [5.74, 6) is 0. The van der Waals surface area contributed by atoms with Gasteiger partial charge in [0.05, 0.1) is 33.5 Å². The van der Waals surface area contributed by atoms with Gasteiger partial charge in [0.2, 0.25) is 0 Å². The Morgan fingerprint density at radius 2 is 0.984 bits per heavy atom. The molecule has 0 fully saturated rings. The highest BCUT2D eigenvalue weighted by Crippen LogP contribution is 2.63. The van der Waals surface area contributed by atoms with Gasteiger partial charge >= 0.3 is 0 Å². The number of nitrogens with zero attached hydrogens (tertiary/aromatic N) is 2. The number of para-hydroxylation sites is 5. The maximum atomic E-state index is 6.44. The lowest BCUT2D eigenvalue weighted by Gasteiger charge is -2.39. The van der Waals surface area contributed by atoms with Crippen LogP contribution in [0.2, 0.25) is 0 Å². The molecule has 14 rings (SSSR count). The Kier molecular flexibility index (Phi) is 7.32. The molecule has 0 bridgehead atoms. The van der Waals surface area contributed by atoms with Crippen molar-refractivity contribution in [3.8, 4) is 39.1 Å². The number of fused-ring (bicyclic) bond motifs is 15. The average Bonchev–Trinajstić information content (AvgIpc) is 4.01. The summed E-state index contributed by atoms with van der Waals surface area (Å²) >= 11 is 0. The number of anilines is 3. The van der Waals surface area contributed by atoms with E-state index in [0.717, 1.165) is 44.6 Å². The monoisotopic (exact) mass is 814 g/mol. The molecule has 298 valence electrons. The molecule has 64 heavy (non-hydrogen) atoms. The van der Waals surface area contributed by atoms with E-state index >= 15 is 0 Å². The smallest absolute Gasteiger partial charge is 0.135 e. The van der Waals surface area contributed by atoms with Crippen LogP contribution in [0.1, 0.15) is 22.3 Å². The molecule has 0 N–H and O–H groups in total. The van der Waals surface area contributed by atoms with Crippen molar-refractivity contribution in [2.24, 2.45) is 0 Å². The molecule has 0 saturated carbocycles. The van der Waals surface area contributed by atoms with Crippen LogP contribution in [-0.4, -0.2) is 4.57 Å². The molecule has 0 saturated heterocycles. The summed E-state index contributed by atoms with van der Waals surface area (Å²) in [5, 5.41) is 4.74. The minimum Gasteiger partial charge on any atom is -0.456 e. The second kappa shape index (κ2) is 13.3. The fraction of sp³-hybridized carbons (Fsp3) is 0.0164. The largest absolute Gasteiger partial charge is 0.456 e. The third-order valence-electron chi connectivity index (χ3n) is 14.0. The topological polar surface area (TPSA) is 21.3 Å². The summed E-state index contributed by atoms with van der Waals surface area (Å²) in [7, 11) is 0. The van der Waals surface area contributed by atoms with Crippen LogP contribution in [0.3, 0.4) is 0 Å². The second-order valence-electron chi connectivity index (χ2n) is 17.1. The fourth-order valence-corrected chi connectivity index (χ4v) is 11.5. The van der Waals surface area contributed by atoms with Crippen LogP contribution in [0.5, 0.6) is 0 Å². The molecule has 1 aliphatic heterocycles. The quantitative estimate of drug-likeness (QED) is 0.173. The number of rotatable bonds is 5. The van der Waals surface area contributed by atoms with Crippen LogP contribution in [0.4, 0.5) is 17.1 Å². The van der Waals surface area contributed by atoms with E-state index in [1.807, 2.05) is 6.07 Å². The van der Waals surface area contributed by atoms with Crippen molar-refractivity contribution in [3.05, 3.63) is 253 Å². The van der Waals surface area contributed by atoms with Crippen LogP contribution in [0, 0.1) is 0 Å². The molecular weight excluding hydrogens is 777 g/mol. The van der Waals surface area contributed by atoms with Gasteiger partial charge < -0.3 is 13.9 Å². The lowest BCUT2D eigenvalue weighted by atomic mass is 9.65. The Bertz CT molecular complexity index is 3870. The van der Waals surface area contributed by atoms with Gasteiger partial charge in [-0.1, -0.05) is 182 Å². The van der Waals surface area contributed by atoms with E-state index in [1.165, 1.54) is 77.6 Å². The van der Waals surface area contributed by atoms with Crippen molar-refractivity contribution in [2.45, 2.75) is 5.41 Å². The minimum absolute atomic E-state index is 0.585. The number of hydrogen-bond donors (Lipinski definition) is 0. The second-order valence-corrected chi connectivity index (χ2v) is 17.1. The Morgan fingerprint density at radius 3 is 1.88 bits per heavy atom. The summed E-state index contributed by atoms with van der Waals surface area (Å²) in [4.78, 5) is 2.51. The first-order valence-corrected chi connectivity index (χ1v) is 22.1. The van der Waals surface area contributed by atoms with Gasteiger partial charge in [-0.15, -0.1) is 0 Å². The lowest BCUT2D eigenvalue weighted by molar-refractivity contribution is 0.669. The van der Waals surface area contributed by atoms with Crippen molar-refractivity contribution in [2.75, 3.05) is 4.90 Å². The number of benzene rings is 10. The van der Waals surface area contributed by atoms with Crippen molar-refractivity contribution in [3.63, 3.8) is 0 Å². The van der Waals surface area contributed by atoms with Crippen molar-refractivity contribution in [1.29, 1.82) is 0 Å². The van der Waals surface area contributed by atoms with E-state index in [2.05, 4.69) is 234 Å². The van der Waals surface area contributed by atoms with Crippen LogP contribution < -0.4 is 4.90 Å². The summed E-state index contributed by atoms with van der Waals surface area (Å²) in [6.45, 7) is 0. The number of hydrogen-bond acceptors (Lipinski definition) is 2. The molecule has 12 aromatic rings. The van der Waals surface area contributed by atoms with Crippen LogP contribution in [0.15, 0.2) is 235 Å². The summed E-state index contributed by atoms with van der Waals surface area (Å²) in [6.07, 6.45) is 0. The van der Waals surface area contributed by atoms with Crippen molar-refractivity contribution < 1.29 is 4.42 Å². The first-order valence-electron chi connectivity index (χ1n) is 22.1. The van der Waals surface area contributed by atoms with Crippen molar-refractivity contribution in [1.82, 2.24) is 4.57 Å². The fourth-order valence-electron chi connectivity index (χ4n) is 11.5. The van der Waals surface area contributed by atoms with Gasteiger partial charge in [0.15, 0.2) is 0 Å². The minimum atomic E-state index is -0.585. The maximum absolute atomic E-state index is 6.44. The lowest BCUT2D eigenvalue weighted by Crippen LogP contribution is -2.33. The molecule has 1 unspecified atom stereocenters. The van der Waals surface area contributed by atoms with E-state index in [9.17, 15) is 0 Å². The zero-order chi connectivity index (χ0) is 41.9. The number of furan rings is 1. The molecule has 0 amide bonds. The molecule has 1 atom stereocenters. The molecule has 10 aromatic carbocycles. The molecule has 3 nitrogen and oxygen atoms in total. The van der Waals surface area contributed by atoms with Gasteiger partial charge in [-0.25, -0.2) is 0 Å². The Morgan fingerprint density at radius 1 is 0.375 bits per heavy atom. The average molecular weight is 815 g/mol. The molecule has 2 aromatic heterocycles. The van der Waals surface area contributed by atoms with E-state index in [1.54, 1.807) is 0 Å². The highest BCUT2D eigenvalue weighted by molar-refractivity contribution is 6.14. The molecule has 1 aliphatic carbocycles. The van der Waals surface area contributed by atoms with Gasteiger partial charge in [0.25, 0.3) is 0 Å². The van der Waals surface area contributed by atoms with Gasteiger partial charge in [0, 0.05) is 38.4 Å². The third kappa shape index (κ3) is 4.65. The summed E-state index contributed by atoms with van der Waals surface area (Å²) < 4.78 is 8.96. The van der Waals surface area contributed by atoms with Gasteiger partial charge in [-0.3, -0.25) is 0 Å². The van der Waals surface area contributed by atoms with E-state index in [-0.39, 0.29) is 0 Å². The first kappa shape index (κ1) is 35.2.